The van der Waals surface area contributed by atoms with Gasteiger partial charge in [0.25, 0.3) is 0 Å². The number of hydrogen-bond acceptors (Lipinski definition) is 4. The Morgan fingerprint density at radius 2 is 2.26 bits per heavy atom. The van der Waals surface area contributed by atoms with Gasteiger partial charge in [0.05, 0.1) is 6.61 Å². The third kappa shape index (κ3) is 4.56. The van der Waals surface area contributed by atoms with Crippen LogP contribution in [0.3, 0.4) is 0 Å². The van der Waals surface area contributed by atoms with E-state index in [1.807, 2.05) is 19.2 Å². The van der Waals surface area contributed by atoms with Crippen LogP contribution in [0.2, 0.25) is 0 Å². The van der Waals surface area contributed by atoms with Crippen molar-refractivity contribution >= 4 is 0 Å². The van der Waals surface area contributed by atoms with Crippen LogP contribution in [0.1, 0.15) is 30.1 Å². The summed E-state index contributed by atoms with van der Waals surface area (Å²) in [5, 5.41) is 0. The smallest absolute Gasteiger partial charge is 0.0593 e. The van der Waals surface area contributed by atoms with Gasteiger partial charge in [-0.3, -0.25) is 9.88 Å². The highest BCUT2D eigenvalue weighted by molar-refractivity contribution is 5.17. The second-order valence-electron chi connectivity index (χ2n) is 5.48. The molecule has 1 aliphatic carbocycles. The van der Waals surface area contributed by atoms with E-state index in [-0.39, 0.29) is 6.04 Å². The van der Waals surface area contributed by atoms with E-state index in [2.05, 4.69) is 23.0 Å². The van der Waals surface area contributed by atoms with Gasteiger partial charge < -0.3 is 10.5 Å². The number of likely N-dealkylation sites (N-methyl/N-ethyl adjacent to an activating group) is 1. The van der Waals surface area contributed by atoms with Crippen molar-refractivity contribution in [2.24, 2.45) is 11.7 Å². The van der Waals surface area contributed by atoms with Crippen LogP contribution in [-0.4, -0.2) is 43.2 Å². The molecular weight excluding hydrogens is 238 g/mol. The number of nitrogens with two attached hydrogens (primary N) is 1. The van der Waals surface area contributed by atoms with Gasteiger partial charge in [-0.1, -0.05) is 6.07 Å². The van der Waals surface area contributed by atoms with E-state index < -0.39 is 0 Å². The third-order valence-corrected chi connectivity index (χ3v) is 3.71. The van der Waals surface area contributed by atoms with Crippen molar-refractivity contribution < 1.29 is 4.74 Å². The molecule has 106 valence electrons. The Morgan fingerprint density at radius 3 is 2.84 bits per heavy atom. The number of rotatable bonds is 8. The van der Waals surface area contributed by atoms with Crippen LogP contribution in [0.25, 0.3) is 0 Å². The number of nitrogens with zero attached hydrogens (tertiary/aromatic N) is 2. The molecule has 1 aliphatic rings. The first-order chi connectivity index (χ1) is 9.20. The minimum atomic E-state index is 0.220. The molecule has 2 N–H and O–H groups in total. The minimum Gasteiger partial charge on any atom is -0.380 e. The molecule has 1 unspecified atom stereocenters. The van der Waals surface area contributed by atoms with Crippen LogP contribution in [0.5, 0.6) is 0 Å². The lowest BCUT2D eigenvalue weighted by atomic mass is 10.1. The van der Waals surface area contributed by atoms with Gasteiger partial charge in [-0.2, -0.15) is 0 Å². The molecule has 0 saturated heterocycles. The Kier molecular flexibility index (Phi) is 5.31. The molecule has 4 nitrogen and oxygen atoms in total. The SMILES string of the molecule is Cc1ccc(C(CN)N(C)CCOCC2CC2)cn1. The first kappa shape index (κ1) is 14.4. The maximum atomic E-state index is 5.90. The Balaban J connectivity index is 1.79. The molecule has 0 bridgehead atoms. The summed E-state index contributed by atoms with van der Waals surface area (Å²) in [6, 6.07) is 4.37. The molecule has 0 aliphatic heterocycles. The maximum absolute atomic E-state index is 5.90. The summed E-state index contributed by atoms with van der Waals surface area (Å²) in [6.45, 7) is 5.21. The first-order valence-electron chi connectivity index (χ1n) is 7.11. The summed E-state index contributed by atoms with van der Waals surface area (Å²) in [5.41, 5.74) is 8.11. The standard InChI is InChI=1S/C15H25N3O/c1-12-3-6-14(10-17-12)15(9-16)18(2)7-8-19-11-13-4-5-13/h3,6,10,13,15H,4-5,7-9,11,16H2,1-2H3. The van der Waals surface area contributed by atoms with Gasteiger partial charge in [0.15, 0.2) is 0 Å². The second kappa shape index (κ2) is 6.98. The van der Waals surface area contributed by atoms with Crippen molar-refractivity contribution in [3.63, 3.8) is 0 Å². The lowest BCUT2D eigenvalue weighted by molar-refractivity contribution is 0.0922. The van der Waals surface area contributed by atoms with Crippen molar-refractivity contribution in [1.29, 1.82) is 0 Å². The molecule has 0 aromatic carbocycles. The van der Waals surface area contributed by atoms with Crippen LogP contribution in [0.4, 0.5) is 0 Å². The van der Waals surface area contributed by atoms with Gasteiger partial charge >= 0.3 is 0 Å². The number of ether oxygens (including phenoxy) is 1. The van der Waals surface area contributed by atoms with Crippen LogP contribution >= 0.6 is 0 Å². The predicted octanol–water partition coefficient (Wildman–Crippen LogP) is 1.75. The highest BCUT2D eigenvalue weighted by atomic mass is 16.5. The third-order valence-electron chi connectivity index (χ3n) is 3.71. The maximum Gasteiger partial charge on any atom is 0.0593 e. The quantitative estimate of drug-likeness (QED) is 0.726. The van der Waals surface area contributed by atoms with E-state index in [0.29, 0.717) is 6.54 Å². The molecule has 0 amide bonds. The monoisotopic (exact) mass is 263 g/mol. The molecule has 1 aromatic rings. The van der Waals surface area contributed by atoms with Crippen LogP contribution in [0, 0.1) is 12.8 Å². The average molecular weight is 263 g/mol. The first-order valence-corrected chi connectivity index (χ1v) is 7.11. The van der Waals surface area contributed by atoms with E-state index >= 15 is 0 Å². The zero-order chi connectivity index (χ0) is 13.7. The molecule has 2 rings (SSSR count). The topological polar surface area (TPSA) is 51.4 Å². The van der Waals surface area contributed by atoms with Gasteiger partial charge in [-0.25, -0.2) is 0 Å². The van der Waals surface area contributed by atoms with Gasteiger partial charge in [-0.15, -0.1) is 0 Å². The molecule has 1 fully saturated rings. The number of aryl methyl sites for hydroxylation is 1. The Morgan fingerprint density at radius 1 is 1.47 bits per heavy atom. The number of hydrogen-bond donors (Lipinski definition) is 1. The van der Waals surface area contributed by atoms with Gasteiger partial charge in [0, 0.05) is 37.6 Å². The van der Waals surface area contributed by atoms with Crippen LogP contribution in [0.15, 0.2) is 18.3 Å². The molecule has 1 atom stereocenters. The summed E-state index contributed by atoms with van der Waals surface area (Å²) >= 11 is 0. The van der Waals surface area contributed by atoms with Crippen molar-refractivity contribution in [2.45, 2.75) is 25.8 Å². The summed E-state index contributed by atoms with van der Waals surface area (Å²) < 4.78 is 5.68. The van der Waals surface area contributed by atoms with Crippen LogP contribution < -0.4 is 5.73 Å². The van der Waals surface area contributed by atoms with E-state index in [1.165, 1.54) is 18.4 Å². The molecule has 1 heterocycles. The van der Waals surface area contributed by atoms with Crippen LogP contribution in [-0.2, 0) is 4.74 Å². The second-order valence-corrected chi connectivity index (χ2v) is 5.48. The normalized spacial score (nSPS) is 16.8. The van der Waals surface area contributed by atoms with E-state index in [0.717, 1.165) is 31.4 Å². The lowest BCUT2D eigenvalue weighted by Gasteiger charge is -2.27. The average Bonchev–Trinajstić information content (AvgIpc) is 3.22. The summed E-state index contributed by atoms with van der Waals surface area (Å²) in [6.07, 6.45) is 4.61. The van der Waals surface area contributed by atoms with Gasteiger partial charge in [0.1, 0.15) is 0 Å². The van der Waals surface area contributed by atoms with Gasteiger partial charge in [-0.05, 0) is 44.4 Å². The zero-order valence-corrected chi connectivity index (χ0v) is 12.0. The van der Waals surface area contributed by atoms with Crippen molar-refractivity contribution in [3.8, 4) is 0 Å². The lowest BCUT2D eigenvalue weighted by Crippen LogP contribution is -2.33. The highest BCUT2D eigenvalue weighted by Gasteiger charge is 2.21. The van der Waals surface area contributed by atoms with E-state index in [9.17, 15) is 0 Å². The summed E-state index contributed by atoms with van der Waals surface area (Å²) in [4.78, 5) is 6.59. The fourth-order valence-corrected chi connectivity index (χ4v) is 2.15. The minimum absolute atomic E-state index is 0.220. The molecule has 1 saturated carbocycles. The van der Waals surface area contributed by atoms with E-state index in [1.54, 1.807) is 0 Å². The molecule has 19 heavy (non-hydrogen) atoms. The van der Waals surface area contributed by atoms with Crippen molar-refractivity contribution in [3.05, 3.63) is 29.6 Å². The Bertz CT molecular complexity index is 375. The Hall–Kier alpha value is -0.970. The Labute approximate surface area is 116 Å². The molecule has 1 aromatic heterocycles. The van der Waals surface area contributed by atoms with Crippen molar-refractivity contribution in [1.82, 2.24) is 9.88 Å². The summed E-state index contributed by atoms with van der Waals surface area (Å²) in [5.74, 6) is 0.830. The predicted molar refractivity (Wildman–Crippen MR) is 76.9 cm³/mol. The number of aromatic nitrogens is 1. The highest BCUT2D eigenvalue weighted by Crippen LogP contribution is 2.28. The fourth-order valence-electron chi connectivity index (χ4n) is 2.15. The molecule has 0 radical (unpaired) electrons. The fraction of sp³-hybridized carbons (Fsp3) is 0.667. The molecule has 4 heteroatoms. The molecule has 0 spiro atoms. The summed E-state index contributed by atoms with van der Waals surface area (Å²) in [7, 11) is 2.10. The van der Waals surface area contributed by atoms with Crippen molar-refractivity contribution in [2.75, 3.05) is 33.4 Å². The molecular formula is C15H25N3O. The zero-order valence-electron chi connectivity index (χ0n) is 12.0. The van der Waals surface area contributed by atoms with Gasteiger partial charge in [0.2, 0.25) is 0 Å². The number of pyridine rings is 1. The largest absolute Gasteiger partial charge is 0.380 e. The van der Waals surface area contributed by atoms with E-state index in [4.69, 9.17) is 10.5 Å².